The van der Waals surface area contributed by atoms with Gasteiger partial charge in [0.25, 0.3) is 5.69 Å². The Morgan fingerprint density at radius 3 is 2.13 bits per heavy atom. The molecule has 1 atom stereocenters. The molecule has 0 aromatic heterocycles. The van der Waals surface area contributed by atoms with Crippen LogP contribution in [0.5, 0.6) is 5.75 Å². The quantitative estimate of drug-likeness (QED) is 0.210. The number of nitro benzene ring substituents is 1. The molecule has 0 saturated heterocycles. The first kappa shape index (κ1) is 25.3. The Kier molecular flexibility index (Phi) is 11.4. The molecular weight excluding hydrogens is 398 g/mol. The van der Waals surface area contributed by atoms with Crippen molar-refractivity contribution in [2.75, 3.05) is 13.2 Å². The minimum atomic E-state index is -0.983. The normalized spacial score (nSPS) is 11.9. The van der Waals surface area contributed by atoms with E-state index < -0.39 is 42.5 Å². The van der Waals surface area contributed by atoms with Crippen molar-refractivity contribution in [3.8, 4) is 5.75 Å². The molecule has 0 bridgehead atoms. The van der Waals surface area contributed by atoms with Crippen LogP contribution in [0.2, 0.25) is 0 Å². The largest absolute Gasteiger partial charge is 0.514 e. The van der Waals surface area contributed by atoms with Gasteiger partial charge in [-0.25, -0.2) is 4.79 Å². The zero-order valence-corrected chi connectivity index (χ0v) is 17.2. The molecule has 0 aliphatic rings. The van der Waals surface area contributed by atoms with Crippen molar-refractivity contribution in [3.63, 3.8) is 0 Å². The van der Waals surface area contributed by atoms with Gasteiger partial charge in [-0.1, -0.05) is 26.7 Å². The molecule has 10 heteroatoms. The van der Waals surface area contributed by atoms with Gasteiger partial charge in [-0.15, -0.1) is 0 Å². The van der Waals surface area contributed by atoms with Gasteiger partial charge in [0.05, 0.1) is 18.1 Å². The van der Waals surface area contributed by atoms with E-state index >= 15 is 0 Å². The standard InChI is InChI=1S/C20H29NO9/c1-3-14(4-2)11-17(9-10-19(24)28-18(12-22)13-23)30-20(25)29-16-7-5-15(6-8-16)21(26)27/h5-8,14,17-18,22-23H,3-4,9-13H2,1-2H3. The summed E-state index contributed by atoms with van der Waals surface area (Å²) in [5, 5.41) is 28.6. The van der Waals surface area contributed by atoms with E-state index in [0.29, 0.717) is 6.42 Å². The highest BCUT2D eigenvalue weighted by atomic mass is 16.7. The lowest BCUT2D eigenvalue weighted by molar-refractivity contribution is -0.384. The van der Waals surface area contributed by atoms with Crippen molar-refractivity contribution in [1.82, 2.24) is 0 Å². The first-order chi connectivity index (χ1) is 14.3. The van der Waals surface area contributed by atoms with Gasteiger partial charge in [0.1, 0.15) is 18.0 Å². The van der Waals surface area contributed by atoms with E-state index in [-0.39, 0.29) is 30.2 Å². The van der Waals surface area contributed by atoms with Gasteiger partial charge in [0.2, 0.25) is 0 Å². The smallest absolute Gasteiger partial charge is 0.457 e. The summed E-state index contributed by atoms with van der Waals surface area (Å²) in [5.41, 5.74) is -0.134. The molecule has 168 valence electrons. The van der Waals surface area contributed by atoms with Crippen LogP contribution in [0.3, 0.4) is 0 Å². The average molecular weight is 427 g/mol. The maximum absolute atomic E-state index is 12.2. The Morgan fingerprint density at radius 2 is 1.63 bits per heavy atom. The molecule has 0 aliphatic carbocycles. The lowest BCUT2D eigenvalue weighted by Gasteiger charge is -2.22. The van der Waals surface area contributed by atoms with Crippen molar-refractivity contribution in [1.29, 1.82) is 0 Å². The number of aliphatic hydroxyl groups is 2. The molecule has 0 amide bonds. The molecule has 0 fully saturated rings. The predicted molar refractivity (Wildman–Crippen MR) is 106 cm³/mol. The highest BCUT2D eigenvalue weighted by Gasteiger charge is 2.22. The number of benzene rings is 1. The monoisotopic (exact) mass is 427 g/mol. The molecule has 0 aliphatic heterocycles. The maximum atomic E-state index is 12.2. The van der Waals surface area contributed by atoms with Crippen molar-refractivity contribution in [2.45, 2.75) is 58.2 Å². The number of esters is 1. The number of carbonyl (C=O) groups excluding carboxylic acids is 2. The molecule has 1 rings (SSSR count). The van der Waals surface area contributed by atoms with Crippen LogP contribution in [-0.2, 0) is 14.3 Å². The summed E-state index contributed by atoms with van der Waals surface area (Å²) in [4.78, 5) is 34.2. The van der Waals surface area contributed by atoms with Crippen LogP contribution in [0.1, 0.15) is 46.0 Å². The van der Waals surface area contributed by atoms with Gasteiger partial charge in [0, 0.05) is 18.6 Å². The Hall–Kier alpha value is -2.72. The topological polar surface area (TPSA) is 145 Å². The SMILES string of the molecule is CCC(CC)CC(CCC(=O)OC(CO)CO)OC(=O)Oc1ccc([N+](=O)[O-])cc1. The van der Waals surface area contributed by atoms with Crippen LogP contribution in [-0.4, -0.2) is 52.7 Å². The second kappa shape index (κ2) is 13.5. The molecular formula is C20H29NO9. The van der Waals surface area contributed by atoms with Gasteiger partial charge in [-0.05, 0) is 30.9 Å². The Bertz CT molecular complexity index is 669. The van der Waals surface area contributed by atoms with Crippen molar-refractivity contribution >= 4 is 17.8 Å². The molecule has 1 aromatic rings. The second-order valence-electron chi connectivity index (χ2n) is 6.78. The highest BCUT2D eigenvalue weighted by molar-refractivity contribution is 5.69. The number of nitro groups is 1. The Labute approximate surface area is 174 Å². The lowest BCUT2D eigenvalue weighted by atomic mass is 9.94. The summed E-state index contributed by atoms with van der Waals surface area (Å²) < 4.78 is 15.4. The van der Waals surface area contributed by atoms with Crippen molar-refractivity contribution in [2.24, 2.45) is 5.92 Å². The van der Waals surface area contributed by atoms with Crippen LogP contribution in [0.4, 0.5) is 10.5 Å². The lowest BCUT2D eigenvalue weighted by Crippen LogP contribution is -2.28. The third-order valence-electron chi connectivity index (χ3n) is 4.64. The molecule has 0 radical (unpaired) electrons. The zero-order chi connectivity index (χ0) is 22.5. The van der Waals surface area contributed by atoms with Crippen molar-refractivity contribution in [3.05, 3.63) is 34.4 Å². The summed E-state index contributed by atoms with van der Waals surface area (Å²) >= 11 is 0. The first-order valence-corrected chi connectivity index (χ1v) is 9.86. The number of aliphatic hydroxyl groups excluding tert-OH is 2. The van der Waals surface area contributed by atoms with Crippen LogP contribution >= 0.6 is 0 Å². The minimum Gasteiger partial charge on any atom is -0.457 e. The number of nitrogens with zero attached hydrogens (tertiary/aromatic N) is 1. The molecule has 10 nitrogen and oxygen atoms in total. The van der Waals surface area contributed by atoms with Gasteiger partial charge in [0.15, 0.2) is 0 Å². The second-order valence-corrected chi connectivity index (χ2v) is 6.78. The average Bonchev–Trinajstić information content (AvgIpc) is 2.74. The number of carbonyl (C=O) groups is 2. The van der Waals surface area contributed by atoms with E-state index in [0.717, 1.165) is 12.8 Å². The highest BCUT2D eigenvalue weighted by Crippen LogP contribution is 2.22. The van der Waals surface area contributed by atoms with E-state index in [1.165, 1.54) is 24.3 Å². The third-order valence-corrected chi connectivity index (χ3v) is 4.64. The molecule has 0 spiro atoms. The Morgan fingerprint density at radius 1 is 1.03 bits per heavy atom. The number of hydrogen-bond donors (Lipinski definition) is 2. The fraction of sp³-hybridized carbons (Fsp3) is 0.600. The Balaban J connectivity index is 2.68. The maximum Gasteiger partial charge on any atom is 0.514 e. The number of hydrogen-bond acceptors (Lipinski definition) is 9. The van der Waals surface area contributed by atoms with E-state index in [1.807, 2.05) is 13.8 Å². The van der Waals surface area contributed by atoms with E-state index in [4.69, 9.17) is 24.4 Å². The van der Waals surface area contributed by atoms with E-state index in [9.17, 15) is 19.7 Å². The van der Waals surface area contributed by atoms with Crippen molar-refractivity contribution < 1.29 is 38.9 Å². The summed E-state index contributed by atoms with van der Waals surface area (Å²) in [6.07, 6.45) is -0.168. The molecule has 0 saturated carbocycles. The molecule has 0 heterocycles. The fourth-order valence-electron chi connectivity index (χ4n) is 2.77. The first-order valence-electron chi connectivity index (χ1n) is 9.86. The summed E-state index contributed by atoms with van der Waals surface area (Å²) in [5.74, 6) is -0.245. The third kappa shape index (κ3) is 9.19. The van der Waals surface area contributed by atoms with Crippen LogP contribution in [0.15, 0.2) is 24.3 Å². The minimum absolute atomic E-state index is 0.0634. The molecule has 2 N–H and O–H groups in total. The number of rotatable bonds is 13. The fourth-order valence-corrected chi connectivity index (χ4v) is 2.77. The van der Waals surface area contributed by atoms with Crippen LogP contribution in [0.25, 0.3) is 0 Å². The van der Waals surface area contributed by atoms with Gasteiger partial charge in [-0.2, -0.15) is 0 Å². The van der Waals surface area contributed by atoms with Crippen LogP contribution in [0, 0.1) is 16.0 Å². The van der Waals surface area contributed by atoms with Gasteiger partial charge in [-0.3, -0.25) is 14.9 Å². The summed E-state index contributed by atoms with van der Waals surface area (Å²) in [7, 11) is 0. The molecule has 1 unspecified atom stereocenters. The summed E-state index contributed by atoms with van der Waals surface area (Å²) in [6.45, 7) is 3.05. The number of ether oxygens (including phenoxy) is 3. The van der Waals surface area contributed by atoms with Crippen LogP contribution < -0.4 is 4.74 Å². The van der Waals surface area contributed by atoms with E-state index in [2.05, 4.69) is 0 Å². The van der Waals surface area contributed by atoms with Gasteiger partial charge < -0.3 is 24.4 Å². The predicted octanol–water partition coefficient (Wildman–Crippen LogP) is 2.98. The number of non-ortho nitro benzene ring substituents is 1. The summed E-state index contributed by atoms with van der Waals surface area (Å²) in [6, 6.07) is 4.99. The zero-order valence-electron chi connectivity index (χ0n) is 17.2. The molecule has 1 aromatic carbocycles. The van der Waals surface area contributed by atoms with E-state index in [1.54, 1.807) is 0 Å². The van der Waals surface area contributed by atoms with Gasteiger partial charge >= 0.3 is 12.1 Å². The molecule has 30 heavy (non-hydrogen) atoms.